The van der Waals surface area contributed by atoms with Crippen LogP contribution < -0.4 is 15.4 Å². The fraction of sp³-hybridized carbons (Fsp3) is 0.391. The molecule has 0 spiro atoms. The maximum atomic E-state index is 10.9. The number of benzene rings is 2. The number of fused-ring (bicyclic) bond motifs is 1. The van der Waals surface area contributed by atoms with E-state index >= 15 is 0 Å². The lowest BCUT2D eigenvalue weighted by atomic mass is 10.1. The second-order valence-corrected chi connectivity index (χ2v) is 7.33. The van der Waals surface area contributed by atoms with Gasteiger partial charge in [-0.25, -0.2) is 4.98 Å². The van der Waals surface area contributed by atoms with Gasteiger partial charge in [-0.1, -0.05) is 24.3 Å². The Hall–Kier alpha value is -2.90. The second-order valence-electron chi connectivity index (χ2n) is 7.33. The number of carbonyl (C=O) groups is 1. The first-order valence-electron chi connectivity index (χ1n) is 10.4. The summed E-state index contributed by atoms with van der Waals surface area (Å²) in [7, 11) is 0. The molecule has 0 fully saturated rings. The predicted molar refractivity (Wildman–Crippen MR) is 118 cm³/mol. The Morgan fingerprint density at radius 2 is 1.97 bits per heavy atom. The van der Waals surface area contributed by atoms with Crippen molar-refractivity contribution in [3.05, 3.63) is 60.4 Å². The van der Waals surface area contributed by atoms with Gasteiger partial charge in [-0.05, 0) is 49.2 Å². The number of nitrogens with one attached hydrogen (secondary N) is 2. The van der Waals surface area contributed by atoms with Crippen molar-refractivity contribution in [2.24, 2.45) is 0 Å². The van der Waals surface area contributed by atoms with Crippen LogP contribution in [0.1, 0.15) is 18.9 Å². The molecule has 7 nitrogen and oxygen atoms in total. The lowest BCUT2D eigenvalue weighted by molar-refractivity contribution is -0.118. The molecule has 1 heterocycles. The van der Waals surface area contributed by atoms with Gasteiger partial charge in [0.2, 0.25) is 5.91 Å². The van der Waals surface area contributed by atoms with Crippen molar-refractivity contribution in [1.29, 1.82) is 0 Å². The van der Waals surface area contributed by atoms with Crippen molar-refractivity contribution in [2.75, 3.05) is 26.2 Å². The van der Waals surface area contributed by atoms with E-state index in [9.17, 15) is 9.90 Å². The summed E-state index contributed by atoms with van der Waals surface area (Å²) in [5.41, 5.74) is 3.29. The average molecular weight is 411 g/mol. The Labute approximate surface area is 177 Å². The van der Waals surface area contributed by atoms with Crippen LogP contribution >= 0.6 is 0 Å². The molecule has 0 aliphatic carbocycles. The molecule has 3 N–H and O–H groups in total. The summed E-state index contributed by atoms with van der Waals surface area (Å²) < 4.78 is 7.81. The SMILES string of the molecule is CC(=O)NCCc1ccc(OCC(O)CNCCCn2cnc3ccccc32)cc1. The molecule has 0 saturated heterocycles. The standard InChI is InChI=1S/C23H30N4O3/c1-18(28)25-13-11-19-7-9-21(10-8-19)30-16-20(29)15-24-12-4-14-27-17-26-22-5-2-3-6-23(22)27/h2-3,5-10,17,20,24,29H,4,11-16H2,1H3,(H,25,28). The van der Waals surface area contributed by atoms with Crippen molar-refractivity contribution in [2.45, 2.75) is 32.4 Å². The summed E-state index contributed by atoms with van der Waals surface area (Å²) in [5.74, 6) is 0.706. The van der Waals surface area contributed by atoms with Crippen LogP contribution in [0.2, 0.25) is 0 Å². The van der Waals surface area contributed by atoms with E-state index in [0.717, 1.165) is 48.3 Å². The number of ether oxygens (including phenoxy) is 1. The number of imidazole rings is 1. The van der Waals surface area contributed by atoms with Crippen LogP contribution in [0, 0.1) is 0 Å². The molecule has 30 heavy (non-hydrogen) atoms. The Morgan fingerprint density at radius 3 is 2.77 bits per heavy atom. The second kappa shape index (κ2) is 11.3. The van der Waals surface area contributed by atoms with Crippen molar-refractivity contribution in [1.82, 2.24) is 20.2 Å². The van der Waals surface area contributed by atoms with E-state index in [4.69, 9.17) is 4.74 Å². The van der Waals surface area contributed by atoms with Crippen LogP contribution in [-0.2, 0) is 17.8 Å². The van der Waals surface area contributed by atoms with Gasteiger partial charge >= 0.3 is 0 Å². The fourth-order valence-electron chi connectivity index (χ4n) is 3.22. The third kappa shape index (κ3) is 6.86. The Bertz CT molecular complexity index is 924. The van der Waals surface area contributed by atoms with Gasteiger partial charge in [0.25, 0.3) is 0 Å². The van der Waals surface area contributed by atoms with E-state index in [1.807, 2.05) is 48.8 Å². The van der Waals surface area contributed by atoms with Crippen molar-refractivity contribution in [3.63, 3.8) is 0 Å². The van der Waals surface area contributed by atoms with Gasteiger partial charge in [0.1, 0.15) is 18.5 Å². The Balaban J connectivity index is 1.28. The highest BCUT2D eigenvalue weighted by molar-refractivity contribution is 5.74. The highest BCUT2D eigenvalue weighted by Crippen LogP contribution is 2.13. The molecular formula is C23H30N4O3. The zero-order chi connectivity index (χ0) is 21.2. The fourth-order valence-corrected chi connectivity index (χ4v) is 3.22. The highest BCUT2D eigenvalue weighted by atomic mass is 16.5. The largest absolute Gasteiger partial charge is 0.491 e. The first kappa shape index (κ1) is 21.8. The zero-order valence-electron chi connectivity index (χ0n) is 17.4. The number of aryl methyl sites for hydroxylation is 1. The van der Waals surface area contributed by atoms with Crippen LogP contribution in [-0.4, -0.2) is 52.9 Å². The Kier molecular flexibility index (Phi) is 8.23. The third-order valence-electron chi connectivity index (χ3n) is 4.81. The smallest absolute Gasteiger partial charge is 0.216 e. The lowest BCUT2D eigenvalue weighted by Crippen LogP contribution is -2.32. The molecule has 3 rings (SSSR count). The van der Waals surface area contributed by atoms with E-state index in [-0.39, 0.29) is 12.5 Å². The molecule has 3 aromatic rings. The molecule has 0 radical (unpaired) electrons. The zero-order valence-corrected chi connectivity index (χ0v) is 17.4. The van der Waals surface area contributed by atoms with Gasteiger partial charge in [0, 0.05) is 26.6 Å². The highest BCUT2D eigenvalue weighted by Gasteiger charge is 2.06. The summed E-state index contributed by atoms with van der Waals surface area (Å²) in [5, 5.41) is 16.2. The van der Waals surface area contributed by atoms with Gasteiger partial charge in [-0.2, -0.15) is 0 Å². The number of amides is 1. The van der Waals surface area contributed by atoms with Crippen molar-refractivity contribution >= 4 is 16.9 Å². The van der Waals surface area contributed by atoms with E-state index in [1.165, 1.54) is 6.92 Å². The maximum Gasteiger partial charge on any atom is 0.216 e. The molecule has 0 aliphatic heterocycles. The van der Waals surface area contributed by atoms with Gasteiger partial charge in [-0.3, -0.25) is 4.79 Å². The minimum atomic E-state index is -0.571. The number of hydrogen-bond donors (Lipinski definition) is 3. The number of aliphatic hydroxyl groups is 1. The number of hydrogen-bond acceptors (Lipinski definition) is 5. The molecular weight excluding hydrogens is 380 g/mol. The van der Waals surface area contributed by atoms with E-state index in [0.29, 0.717) is 13.1 Å². The van der Waals surface area contributed by atoms with Gasteiger partial charge in [0.15, 0.2) is 0 Å². The van der Waals surface area contributed by atoms with Crippen molar-refractivity contribution < 1.29 is 14.6 Å². The third-order valence-corrected chi connectivity index (χ3v) is 4.81. The lowest BCUT2D eigenvalue weighted by Gasteiger charge is -2.14. The molecule has 1 unspecified atom stereocenters. The van der Waals surface area contributed by atoms with Crippen LogP contribution in [0.25, 0.3) is 11.0 Å². The number of aromatic nitrogens is 2. The number of carbonyl (C=O) groups excluding carboxylic acids is 1. The normalized spacial score (nSPS) is 12.1. The van der Waals surface area contributed by atoms with Gasteiger partial charge in [0.05, 0.1) is 17.4 Å². The van der Waals surface area contributed by atoms with Gasteiger partial charge < -0.3 is 25.0 Å². The van der Waals surface area contributed by atoms with Crippen LogP contribution in [0.5, 0.6) is 5.75 Å². The minimum Gasteiger partial charge on any atom is -0.491 e. The van der Waals surface area contributed by atoms with Gasteiger partial charge in [-0.15, -0.1) is 0 Å². The predicted octanol–water partition coefficient (Wildman–Crippen LogP) is 2.13. The van der Waals surface area contributed by atoms with E-state index < -0.39 is 6.10 Å². The molecule has 0 saturated carbocycles. The molecule has 7 heteroatoms. The van der Waals surface area contributed by atoms with Crippen molar-refractivity contribution in [3.8, 4) is 5.75 Å². The molecule has 1 atom stereocenters. The molecule has 0 aliphatic rings. The quantitative estimate of drug-likeness (QED) is 0.398. The summed E-state index contributed by atoms with van der Waals surface area (Å²) in [6.07, 6.45) is 3.03. The molecule has 0 bridgehead atoms. The van der Waals surface area contributed by atoms with E-state index in [2.05, 4.69) is 26.3 Å². The number of nitrogens with zero attached hydrogens (tertiary/aromatic N) is 2. The van der Waals surface area contributed by atoms with Crippen LogP contribution in [0.4, 0.5) is 0 Å². The number of aliphatic hydroxyl groups excluding tert-OH is 1. The molecule has 1 amide bonds. The maximum absolute atomic E-state index is 10.9. The Morgan fingerprint density at radius 1 is 1.17 bits per heavy atom. The van der Waals surface area contributed by atoms with Crippen LogP contribution in [0.3, 0.4) is 0 Å². The summed E-state index contributed by atoms with van der Waals surface area (Å²) in [4.78, 5) is 15.3. The monoisotopic (exact) mass is 410 g/mol. The first-order valence-corrected chi connectivity index (χ1v) is 10.4. The molecule has 160 valence electrons. The average Bonchev–Trinajstić information content (AvgIpc) is 3.16. The molecule has 2 aromatic carbocycles. The minimum absolute atomic E-state index is 0.0206. The number of para-hydroxylation sites is 2. The first-order chi connectivity index (χ1) is 14.6. The van der Waals surface area contributed by atoms with Crippen LogP contribution in [0.15, 0.2) is 54.9 Å². The topological polar surface area (TPSA) is 88.4 Å². The molecule has 1 aromatic heterocycles. The summed E-state index contributed by atoms with van der Waals surface area (Å²) >= 11 is 0. The summed E-state index contributed by atoms with van der Waals surface area (Å²) in [6, 6.07) is 15.8. The summed E-state index contributed by atoms with van der Waals surface area (Å²) in [6.45, 7) is 4.56. The number of rotatable bonds is 12. The van der Waals surface area contributed by atoms with E-state index in [1.54, 1.807) is 0 Å².